The molecule has 0 saturated carbocycles. The third-order valence-electron chi connectivity index (χ3n) is 3.46. The first-order valence-corrected chi connectivity index (χ1v) is 7.51. The molecule has 1 aromatic heterocycles. The van der Waals surface area contributed by atoms with Crippen molar-refractivity contribution in [2.75, 3.05) is 0 Å². The first-order chi connectivity index (χ1) is 8.51. The van der Waals surface area contributed by atoms with Gasteiger partial charge in [0.2, 0.25) is 0 Å². The van der Waals surface area contributed by atoms with Gasteiger partial charge < -0.3 is 0 Å². The highest BCUT2D eigenvalue weighted by atomic mass is 79.9. The third-order valence-corrected chi connectivity index (χ3v) is 4.49. The van der Waals surface area contributed by atoms with Crippen LogP contribution in [-0.4, -0.2) is 15.6 Å². The molecular weight excluding hydrogens is 292 g/mol. The molecule has 1 rings (SSSR count). The van der Waals surface area contributed by atoms with E-state index in [-0.39, 0.29) is 5.92 Å². The summed E-state index contributed by atoms with van der Waals surface area (Å²) in [6.07, 6.45) is 4.72. The summed E-state index contributed by atoms with van der Waals surface area (Å²) in [6, 6.07) is 0. The van der Waals surface area contributed by atoms with Gasteiger partial charge in [-0.1, -0.05) is 26.7 Å². The van der Waals surface area contributed by atoms with Crippen molar-refractivity contribution < 1.29 is 4.79 Å². The van der Waals surface area contributed by atoms with Gasteiger partial charge in [0.05, 0.1) is 15.9 Å². The lowest BCUT2D eigenvalue weighted by molar-refractivity contribution is -0.122. The molecule has 1 unspecified atom stereocenters. The Morgan fingerprint density at radius 1 is 1.44 bits per heavy atom. The van der Waals surface area contributed by atoms with Crippen LogP contribution >= 0.6 is 15.9 Å². The quantitative estimate of drug-likeness (QED) is 0.767. The Kier molecular flexibility index (Phi) is 6.06. The van der Waals surface area contributed by atoms with Gasteiger partial charge in [0.25, 0.3) is 0 Å². The molecule has 1 aromatic rings. The molecule has 0 aliphatic carbocycles. The van der Waals surface area contributed by atoms with Gasteiger partial charge in [-0.25, -0.2) is 0 Å². The molecule has 0 spiro atoms. The molecule has 0 bridgehead atoms. The molecule has 3 nitrogen and oxygen atoms in total. The van der Waals surface area contributed by atoms with Crippen molar-refractivity contribution in [1.29, 1.82) is 0 Å². The van der Waals surface area contributed by atoms with Crippen LogP contribution in [0.3, 0.4) is 0 Å². The number of rotatable bonds is 7. The fourth-order valence-corrected chi connectivity index (χ4v) is 2.70. The van der Waals surface area contributed by atoms with Crippen molar-refractivity contribution >= 4 is 21.7 Å². The number of nitrogens with zero attached hydrogens (tertiary/aromatic N) is 2. The molecule has 0 aliphatic heterocycles. The van der Waals surface area contributed by atoms with Gasteiger partial charge in [-0.3, -0.25) is 9.48 Å². The molecule has 0 radical (unpaired) electrons. The lowest BCUT2D eigenvalue weighted by Crippen LogP contribution is -2.18. The van der Waals surface area contributed by atoms with Crippen LogP contribution < -0.4 is 0 Å². The van der Waals surface area contributed by atoms with Crippen molar-refractivity contribution in [3.8, 4) is 0 Å². The third kappa shape index (κ3) is 3.67. The van der Waals surface area contributed by atoms with Crippen molar-refractivity contribution in [3.63, 3.8) is 0 Å². The maximum atomic E-state index is 12.3. The normalized spacial score (nSPS) is 12.7. The maximum Gasteiger partial charge on any atom is 0.141 e. The van der Waals surface area contributed by atoms with Crippen LogP contribution in [-0.2, 0) is 18.3 Å². The minimum atomic E-state index is 0.201. The number of unbranched alkanes of at least 4 members (excludes halogenated alkanes) is 1. The lowest BCUT2D eigenvalue weighted by atomic mass is 9.92. The molecule has 1 atom stereocenters. The summed E-state index contributed by atoms with van der Waals surface area (Å²) in [5.41, 5.74) is 1.94. The number of carbonyl (C=O) groups excluding carboxylic acids is 1. The average molecular weight is 315 g/mol. The predicted octanol–water partition coefficient (Wildman–Crippen LogP) is 3.82. The number of aryl methyl sites for hydroxylation is 2. The van der Waals surface area contributed by atoms with Gasteiger partial charge in [0.1, 0.15) is 5.78 Å². The molecule has 1 heterocycles. The number of ketones is 1. The number of halogens is 1. The zero-order chi connectivity index (χ0) is 13.7. The summed E-state index contributed by atoms with van der Waals surface area (Å²) in [7, 11) is 1.90. The van der Waals surface area contributed by atoms with E-state index in [2.05, 4.69) is 34.9 Å². The van der Waals surface area contributed by atoms with E-state index in [0.29, 0.717) is 12.2 Å². The molecule has 0 aromatic carbocycles. The molecule has 4 heteroatoms. The highest BCUT2D eigenvalue weighted by Crippen LogP contribution is 2.23. The minimum Gasteiger partial charge on any atom is -0.299 e. The monoisotopic (exact) mass is 314 g/mol. The van der Waals surface area contributed by atoms with Crippen LogP contribution in [0.5, 0.6) is 0 Å². The SMILES string of the molecule is CCCCC(CC)C(=O)Cc1c(Br)c(C)nn1C. The summed E-state index contributed by atoms with van der Waals surface area (Å²) in [6.45, 7) is 6.21. The Morgan fingerprint density at radius 3 is 2.56 bits per heavy atom. The summed E-state index contributed by atoms with van der Waals surface area (Å²) in [5.74, 6) is 0.543. The van der Waals surface area contributed by atoms with E-state index in [9.17, 15) is 4.79 Å². The molecule has 0 N–H and O–H groups in total. The van der Waals surface area contributed by atoms with Crippen molar-refractivity contribution in [2.24, 2.45) is 13.0 Å². The standard InChI is InChI=1S/C14H23BrN2O/c1-5-7-8-11(6-2)13(18)9-12-14(15)10(3)16-17(12)4/h11H,5-9H2,1-4H3. The van der Waals surface area contributed by atoms with E-state index >= 15 is 0 Å². The molecular formula is C14H23BrN2O. The highest BCUT2D eigenvalue weighted by Gasteiger charge is 2.20. The minimum absolute atomic E-state index is 0.201. The molecule has 0 saturated heterocycles. The van der Waals surface area contributed by atoms with Crippen LogP contribution in [0.15, 0.2) is 4.47 Å². The molecule has 0 fully saturated rings. The van der Waals surface area contributed by atoms with E-state index < -0.39 is 0 Å². The predicted molar refractivity (Wildman–Crippen MR) is 77.7 cm³/mol. The van der Waals surface area contributed by atoms with Crippen LogP contribution in [0, 0.1) is 12.8 Å². The molecule has 102 valence electrons. The zero-order valence-corrected chi connectivity index (χ0v) is 13.4. The van der Waals surface area contributed by atoms with E-state index in [1.165, 1.54) is 0 Å². The maximum absolute atomic E-state index is 12.3. The van der Waals surface area contributed by atoms with Gasteiger partial charge in [0, 0.05) is 19.4 Å². The fourth-order valence-electron chi connectivity index (χ4n) is 2.22. The molecule has 18 heavy (non-hydrogen) atoms. The smallest absolute Gasteiger partial charge is 0.141 e. The summed E-state index contributed by atoms with van der Waals surface area (Å²) >= 11 is 3.52. The van der Waals surface area contributed by atoms with Crippen molar-refractivity contribution in [3.05, 3.63) is 15.9 Å². The van der Waals surface area contributed by atoms with Gasteiger partial charge in [0.15, 0.2) is 0 Å². The van der Waals surface area contributed by atoms with E-state index in [1.807, 2.05) is 18.7 Å². The second-order valence-corrected chi connectivity index (χ2v) is 5.65. The first kappa shape index (κ1) is 15.4. The second kappa shape index (κ2) is 7.07. The summed E-state index contributed by atoms with van der Waals surface area (Å²) in [4.78, 5) is 12.3. The number of aromatic nitrogens is 2. The average Bonchev–Trinajstić information content (AvgIpc) is 2.57. The fraction of sp³-hybridized carbons (Fsp3) is 0.714. The summed E-state index contributed by atoms with van der Waals surface area (Å²) in [5, 5.41) is 4.33. The Bertz CT molecular complexity index is 412. The van der Waals surface area contributed by atoms with Crippen LogP contribution in [0.1, 0.15) is 50.9 Å². The first-order valence-electron chi connectivity index (χ1n) is 6.71. The van der Waals surface area contributed by atoms with E-state index in [0.717, 1.165) is 41.5 Å². The van der Waals surface area contributed by atoms with Gasteiger partial charge in [-0.2, -0.15) is 5.10 Å². The lowest BCUT2D eigenvalue weighted by Gasteiger charge is -2.13. The Balaban J connectivity index is 2.73. The topological polar surface area (TPSA) is 34.9 Å². The van der Waals surface area contributed by atoms with Crippen LogP contribution in [0.2, 0.25) is 0 Å². The number of Topliss-reactive ketones (excluding diaryl/α,β-unsaturated/α-hetero) is 1. The van der Waals surface area contributed by atoms with Crippen LogP contribution in [0.25, 0.3) is 0 Å². The van der Waals surface area contributed by atoms with Gasteiger partial charge >= 0.3 is 0 Å². The van der Waals surface area contributed by atoms with Crippen molar-refractivity contribution in [2.45, 2.75) is 52.9 Å². The van der Waals surface area contributed by atoms with E-state index in [1.54, 1.807) is 0 Å². The highest BCUT2D eigenvalue weighted by molar-refractivity contribution is 9.10. The number of hydrogen-bond donors (Lipinski definition) is 0. The molecule has 0 amide bonds. The number of hydrogen-bond acceptors (Lipinski definition) is 2. The van der Waals surface area contributed by atoms with Crippen molar-refractivity contribution in [1.82, 2.24) is 9.78 Å². The van der Waals surface area contributed by atoms with Gasteiger partial charge in [-0.05, 0) is 35.7 Å². The number of carbonyl (C=O) groups is 1. The van der Waals surface area contributed by atoms with E-state index in [4.69, 9.17) is 0 Å². The van der Waals surface area contributed by atoms with Gasteiger partial charge in [-0.15, -0.1) is 0 Å². The second-order valence-electron chi connectivity index (χ2n) is 4.86. The Morgan fingerprint density at radius 2 is 2.11 bits per heavy atom. The molecule has 0 aliphatic rings. The largest absolute Gasteiger partial charge is 0.299 e. The van der Waals surface area contributed by atoms with Crippen LogP contribution in [0.4, 0.5) is 0 Å². The Labute approximate surface area is 118 Å². The summed E-state index contributed by atoms with van der Waals surface area (Å²) < 4.78 is 2.79. The Hall–Kier alpha value is -0.640. The zero-order valence-electron chi connectivity index (χ0n) is 11.8.